The SMILES string of the molecule is CCCCCCCCCCC(=O)O[C@H](COC(=O)CCCCCCC)COP(=O)(O)OC[C@H](O)COP(=O)(O)OC[C@@H](COC(=O)CCCCCCCCC(C)CC)OC(=O)CCCCCCCCCCCCCCC(C)C. The molecule has 462 valence electrons. The van der Waals surface area contributed by atoms with Gasteiger partial charge >= 0.3 is 39.5 Å². The van der Waals surface area contributed by atoms with Gasteiger partial charge in [0, 0.05) is 25.7 Å². The maximum atomic E-state index is 12.9. The lowest BCUT2D eigenvalue weighted by Crippen LogP contribution is -2.30. The fourth-order valence-corrected chi connectivity index (χ4v) is 10.2. The van der Waals surface area contributed by atoms with Crippen LogP contribution in [0.1, 0.15) is 286 Å². The van der Waals surface area contributed by atoms with E-state index in [1.807, 2.05) is 0 Å². The first-order chi connectivity index (χ1) is 37.4. The van der Waals surface area contributed by atoms with Crippen molar-refractivity contribution in [3.8, 4) is 0 Å². The molecule has 0 aromatic heterocycles. The zero-order chi connectivity index (χ0) is 58.0. The largest absolute Gasteiger partial charge is 0.472 e. The molecule has 0 spiro atoms. The molecule has 0 saturated carbocycles. The van der Waals surface area contributed by atoms with Crippen LogP contribution in [0.4, 0.5) is 0 Å². The summed E-state index contributed by atoms with van der Waals surface area (Å²) in [5.74, 6) is -0.648. The lowest BCUT2D eigenvalue weighted by Gasteiger charge is -2.21. The Kier molecular flexibility index (Phi) is 50.6. The quantitative estimate of drug-likeness (QED) is 0.0222. The summed E-state index contributed by atoms with van der Waals surface area (Å²) in [5.41, 5.74) is 0. The number of carbonyl (C=O) groups is 4. The van der Waals surface area contributed by atoms with Crippen LogP contribution >= 0.6 is 15.6 Å². The fraction of sp³-hybridized carbons (Fsp3) is 0.932. The first kappa shape index (κ1) is 76.1. The minimum atomic E-state index is -4.94. The Morgan fingerprint density at radius 3 is 0.974 bits per heavy atom. The Morgan fingerprint density at radius 2 is 0.654 bits per heavy atom. The number of aliphatic hydroxyl groups excluding tert-OH is 1. The molecule has 19 heteroatoms. The van der Waals surface area contributed by atoms with Crippen molar-refractivity contribution in [2.75, 3.05) is 39.6 Å². The smallest absolute Gasteiger partial charge is 0.462 e. The van der Waals surface area contributed by atoms with Gasteiger partial charge in [-0.3, -0.25) is 37.3 Å². The molecule has 6 atom stereocenters. The summed E-state index contributed by atoms with van der Waals surface area (Å²) < 4.78 is 67.5. The van der Waals surface area contributed by atoms with Crippen LogP contribution in [0, 0.1) is 11.8 Å². The third-order valence-electron chi connectivity index (χ3n) is 13.8. The molecule has 17 nitrogen and oxygen atoms in total. The zero-order valence-corrected chi connectivity index (χ0v) is 51.7. The summed E-state index contributed by atoms with van der Waals surface area (Å²) in [6.07, 6.45) is 32.5. The molecule has 0 heterocycles. The maximum Gasteiger partial charge on any atom is 0.472 e. The van der Waals surface area contributed by atoms with E-state index in [9.17, 15) is 43.2 Å². The van der Waals surface area contributed by atoms with Gasteiger partial charge in [-0.1, -0.05) is 234 Å². The first-order valence-electron chi connectivity index (χ1n) is 31.0. The maximum absolute atomic E-state index is 12.9. The average Bonchev–Trinajstić information content (AvgIpc) is 3.40. The summed E-state index contributed by atoms with van der Waals surface area (Å²) in [7, 11) is -9.87. The molecule has 78 heavy (non-hydrogen) atoms. The molecule has 0 amide bonds. The third-order valence-corrected chi connectivity index (χ3v) is 15.7. The molecule has 0 aliphatic rings. The van der Waals surface area contributed by atoms with E-state index >= 15 is 0 Å². The van der Waals surface area contributed by atoms with Crippen molar-refractivity contribution in [2.24, 2.45) is 11.8 Å². The monoisotopic (exact) mass is 1160 g/mol. The van der Waals surface area contributed by atoms with Crippen LogP contribution in [0.2, 0.25) is 0 Å². The van der Waals surface area contributed by atoms with Crippen molar-refractivity contribution in [3.63, 3.8) is 0 Å². The predicted octanol–water partition coefficient (Wildman–Crippen LogP) is 15.7. The predicted molar refractivity (Wildman–Crippen MR) is 308 cm³/mol. The molecular weight excluding hydrogens is 1040 g/mol. The van der Waals surface area contributed by atoms with Gasteiger partial charge in [0.05, 0.1) is 26.4 Å². The highest BCUT2D eigenvalue weighted by Crippen LogP contribution is 2.45. The molecule has 0 aromatic carbocycles. The lowest BCUT2D eigenvalue weighted by atomic mass is 10.00. The van der Waals surface area contributed by atoms with Crippen LogP contribution in [0.15, 0.2) is 0 Å². The number of esters is 4. The summed E-state index contributed by atoms with van der Waals surface area (Å²) in [4.78, 5) is 71.6. The van der Waals surface area contributed by atoms with E-state index in [0.717, 1.165) is 121 Å². The van der Waals surface area contributed by atoms with Crippen LogP contribution in [-0.2, 0) is 65.4 Å². The third kappa shape index (κ3) is 52.2. The van der Waals surface area contributed by atoms with E-state index in [2.05, 4.69) is 41.5 Å². The van der Waals surface area contributed by atoms with Gasteiger partial charge in [0.25, 0.3) is 0 Å². The Bertz CT molecular complexity index is 1550. The van der Waals surface area contributed by atoms with Gasteiger partial charge in [0.2, 0.25) is 0 Å². The molecule has 0 aliphatic heterocycles. The molecular formula is C59H114O17P2. The second kappa shape index (κ2) is 51.9. The van der Waals surface area contributed by atoms with Crippen molar-refractivity contribution >= 4 is 39.5 Å². The highest BCUT2D eigenvalue weighted by Gasteiger charge is 2.30. The summed E-state index contributed by atoms with van der Waals surface area (Å²) >= 11 is 0. The van der Waals surface area contributed by atoms with E-state index in [4.69, 9.17) is 37.0 Å². The Morgan fingerprint density at radius 1 is 0.372 bits per heavy atom. The van der Waals surface area contributed by atoms with Gasteiger partial charge in [-0.15, -0.1) is 0 Å². The number of aliphatic hydroxyl groups is 1. The second-order valence-electron chi connectivity index (χ2n) is 22.1. The van der Waals surface area contributed by atoms with Gasteiger partial charge in [-0.05, 0) is 37.5 Å². The van der Waals surface area contributed by atoms with E-state index in [1.165, 1.54) is 83.5 Å². The normalized spacial score (nSPS) is 14.8. The minimum absolute atomic E-state index is 0.104. The second-order valence-corrected chi connectivity index (χ2v) is 25.0. The Labute approximate surface area is 473 Å². The van der Waals surface area contributed by atoms with E-state index < -0.39 is 97.5 Å². The molecule has 3 unspecified atom stereocenters. The van der Waals surface area contributed by atoms with Crippen molar-refractivity contribution in [1.82, 2.24) is 0 Å². The van der Waals surface area contributed by atoms with Gasteiger partial charge in [-0.25, -0.2) is 9.13 Å². The number of phosphoric ester groups is 2. The van der Waals surface area contributed by atoms with Crippen LogP contribution in [0.5, 0.6) is 0 Å². The van der Waals surface area contributed by atoms with E-state index in [0.29, 0.717) is 25.7 Å². The molecule has 0 bridgehead atoms. The molecule has 0 rings (SSSR count). The highest BCUT2D eigenvalue weighted by atomic mass is 31.2. The Balaban J connectivity index is 5.17. The molecule has 0 fully saturated rings. The summed E-state index contributed by atoms with van der Waals surface area (Å²) in [5, 5.41) is 10.5. The number of unbranched alkanes of at least 4 members (excludes halogenated alkanes) is 27. The van der Waals surface area contributed by atoms with Crippen molar-refractivity contribution < 1.29 is 80.2 Å². The summed E-state index contributed by atoms with van der Waals surface area (Å²) in [6, 6.07) is 0. The van der Waals surface area contributed by atoms with Gasteiger partial charge in [0.15, 0.2) is 12.2 Å². The zero-order valence-electron chi connectivity index (χ0n) is 50.0. The average molecular weight is 1160 g/mol. The highest BCUT2D eigenvalue weighted by molar-refractivity contribution is 7.47. The van der Waals surface area contributed by atoms with Crippen molar-refractivity contribution in [1.29, 1.82) is 0 Å². The molecule has 0 aromatic rings. The van der Waals surface area contributed by atoms with E-state index in [1.54, 1.807) is 0 Å². The number of ether oxygens (including phenoxy) is 4. The fourth-order valence-electron chi connectivity index (χ4n) is 8.61. The van der Waals surface area contributed by atoms with Gasteiger partial charge in [-0.2, -0.15) is 0 Å². The van der Waals surface area contributed by atoms with Crippen LogP contribution in [0.25, 0.3) is 0 Å². The standard InChI is InChI=1S/C59H114O17P2/c1-7-10-12-14-15-23-31-37-43-58(63)75-54(47-69-56(61)41-35-27-13-11-8-2)49-73-77(65,66)71-45-53(60)46-72-78(67,68)74-50-55(48-70-57(62)42-36-30-26-25-29-34-40-52(6)9-3)76-59(64)44-38-32-24-21-19-17-16-18-20-22-28-33-39-51(4)5/h51-55,60H,7-50H2,1-6H3,(H,65,66)(H,67,68)/t52?,53-,54+,55+/m0/s1. The number of phosphoric acid groups is 2. The van der Waals surface area contributed by atoms with E-state index in [-0.39, 0.29) is 25.7 Å². The van der Waals surface area contributed by atoms with Crippen LogP contribution in [0.3, 0.4) is 0 Å². The number of hydrogen-bond acceptors (Lipinski definition) is 15. The van der Waals surface area contributed by atoms with Gasteiger partial charge in [0.1, 0.15) is 19.3 Å². The molecule has 0 saturated heterocycles. The first-order valence-corrected chi connectivity index (χ1v) is 34.0. The molecule has 3 N–H and O–H groups in total. The van der Waals surface area contributed by atoms with Crippen molar-refractivity contribution in [3.05, 3.63) is 0 Å². The molecule has 0 aliphatic carbocycles. The number of carbonyl (C=O) groups excluding carboxylic acids is 4. The Hall–Kier alpha value is -1.94. The number of rotatable bonds is 58. The number of hydrogen-bond donors (Lipinski definition) is 3. The van der Waals surface area contributed by atoms with Crippen LogP contribution in [-0.4, -0.2) is 96.7 Å². The van der Waals surface area contributed by atoms with Crippen molar-refractivity contribution in [2.45, 2.75) is 304 Å². The van der Waals surface area contributed by atoms with Gasteiger partial charge < -0.3 is 33.8 Å². The minimum Gasteiger partial charge on any atom is -0.462 e. The lowest BCUT2D eigenvalue weighted by molar-refractivity contribution is -0.161. The van der Waals surface area contributed by atoms with Crippen LogP contribution < -0.4 is 0 Å². The topological polar surface area (TPSA) is 237 Å². The molecule has 0 radical (unpaired) electrons. The summed E-state index contributed by atoms with van der Waals surface area (Å²) in [6.45, 7) is 9.31.